The topological polar surface area (TPSA) is 50.7 Å². The monoisotopic (exact) mass is 237 g/mol. The summed E-state index contributed by atoms with van der Waals surface area (Å²) in [5.74, 6) is 0. The number of hydrogen-bond donors (Lipinski definition) is 1. The molecule has 90 valence electrons. The number of benzene rings is 1. The number of nitrogens with two attached hydrogens (primary N) is 1. The quantitative estimate of drug-likeness (QED) is 0.740. The Labute approximate surface area is 106 Å². The van der Waals surface area contributed by atoms with Crippen molar-refractivity contribution in [3.05, 3.63) is 35.4 Å². The van der Waals surface area contributed by atoms with Gasteiger partial charge in [0.05, 0.1) is 17.4 Å². The molecule has 0 spiro atoms. The smallest absolute Gasteiger partial charge is 0.0895 e. The number of nitrogens with zero attached hydrogens (tertiary/aromatic N) is 2. The second-order valence-electron chi connectivity index (χ2n) is 5.18. The van der Waals surface area contributed by atoms with E-state index in [-0.39, 0.29) is 12.1 Å². The van der Waals surface area contributed by atoms with Gasteiger partial charge in [-0.25, -0.2) is 4.99 Å². The zero-order valence-electron chi connectivity index (χ0n) is 10.1. The molecule has 2 heterocycles. The van der Waals surface area contributed by atoms with Gasteiger partial charge in [-0.15, -0.1) is 0 Å². The number of fused-ring (bicyclic) bond motifs is 4. The van der Waals surface area contributed by atoms with E-state index < -0.39 is 0 Å². The largest absolute Gasteiger partial charge is 0.324 e. The molecule has 2 atom stereocenters. The molecule has 0 radical (unpaired) electrons. The lowest BCUT2D eigenvalue weighted by molar-refractivity contribution is 0.492. The van der Waals surface area contributed by atoms with Gasteiger partial charge in [-0.2, -0.15) is 0 Å². The second-order valence-corrected chi connectivity index (χ2v) is 5.18. The fraction of sp³-hybridized carbons (Fsp3) is 0.333. The van der Waals surface area contributed by atoms with Crippen LogP contribution in [0.3, 0.4) is 0 Å². The van der Waals surface area contributed by atoms with Crippen LogP contribution in [-0.4, -0.2) is 24.0 Å². The highest BCUT2D eigenvalue weighted by atomic mass is 14.9. The summed E-state index contributed by atoms with van der Waals surface area (Å²) in [5.41, 5.74) is 12.2. The van der Waals surface area contributed by atoms with Crippen LogP contribution in [0.25, 0.3) is 5.57 Å². The molecular formula is C15H15N3. The second kappa shape index (κ2) is 3.62. The van der Waals surface area contributed by atoms with Gasteiger partial charge in [0.2, 0.25) is 0 Å². The van der Waals surface area contributed by atoms with Gasteiger partial charge in [0.15, 0.2) is 0 Å². The third kappa shape index (κ3) is 1.28. The molecule has 1 saturated carbocycles. The number of dihydropyridines is 1. The molecule has 1 aromatic rings. The third-order valence-electron chi connectivity index (χ3n) is 4.09. The average Bonchev–Trinajstić information content (AvgIpc) is 2.77. The van der Waals surface area contributed by atoms with Crippen LogP contribution in [0.4, 0.5) is 5.69 Å². The highest BCUT2D eigenvalue weighted by Gasteiger charge is 2.34. The molecule has 1 aliphatic carbocycles. The summed E-state index contributed by atoms with van der Waals surface area (Å²) in [6.45, 7) is 0. The molecule has 0 aromatic heterocycles. The molecule has 2 aliphatic heterocycles. The Morgan fingerprint density at radius 2 is 2.06 bits per heavy atom. The van der Waals surface area contributed by atoms with Crippen LogP contribution in [0.5, 0.6) is 0 Å². The van der Waals surface area contributed by atoms with E-state index in [1.54, 1.807) is 0 Å². The summed E-state index contributed by atoms with van der Waals surface area (Å²) in [6.07, 6.45) is 5.30. The van der Waals surface area contributed by atoms with E-state index in [1.165, 1.54) is 23.1 Å². The number of aliphatic imine (C=N–C) groups is 2. The van der Waals surface area contributed by atoms with Gasteiger partial charge >= 0.3 is 0 Å². The minimum absolute atomic E-state index is 0.146. The normalized spacial score (nSPS) is 28.6. The Bertz CT molecular complexity index is 610. The predicted molar refractivity (Wildman–Crippen MR) is 74.6 cm³/mol. The SMILES string of the molecule is NC1CCCC2N=CC3=Nc4ccccc4C3=C12. The lowest BCUT2D eigenvalue weighted by Gasteiger charge is -2.32. The summed E-state index contributed by atoms with van der Waals surface area (Å²) in [5, 5.41) is 0. The molecule has 18 heavy (non-hydrogen) atoms. The maximum atomic E-state index is 6.32. The van der Waals surface area contributed by atoms with E-state index in [0.717, 1.165) is 24.2 Å². The van der Waals surface area contributed by atoms with Crippen molar-refractivity contribution in [3.8, 4) is 0 Å². The Balaban J connectivity index is 1.97. The molecule has 3 nitrogen and oxygen atoms in total. The molecule has 0 amide bonds. The van der Waals surface area contributed by atoms with Gasteiger partial charge in [0, 0.05) is 23.4 Å². The molecule has 1 aromatic carbocycles. The molecule has 1 fully saturated rings. The Morgan fingerprint density at radius 1 is 1.17 bits per heavy atom. The van der Waals surface area contributed by atoms with Gasteiger partial charge in [-0.05, 0) is 30.9 Å². The molecule has 4 rings (SSSR count). The zero-order chi connectivity index (χ0) is 12.1. The van der Waals surface area contributed by atoms with Gasteiger partial charge in [-0.1, -0.05) is 18.2 Å². The van der Waals surface area contributed by atoms with E-state index >= 15 is 0 Å². The molecule has 2 unspecified atom stereocenters. The molecule has 3 aliphatic rings. The highest BCUT2D eigenvalue weighted by Crippen LogP contribution is 2.42. The molecular weight excluding hydrogens is 222 g/mol. The van der Waals surface area contributed by atoms with Crippen LogP contribution in [-0.2, 0) is 0 Å². The first-order chi connectivity index (χ1) is 8.84. The van der Waals surface area contributed by atoms with Crippen molar-refractivity contribution in [1.29, 1.82) is 0 Å². The first-order valence-electron chi connectivity index (χ1n) is 6.56. The molecule has 0 saturated heterocycles. The Kier molecular flexibility index (Phi) is 2.06. The van der Waals surface area contributed by atoms with E-state index in [9.17, 15) is 0 Å². The van der Waals surface area contributed by atoms with Crippen LogP contribution in [0, 0.1) is 0 Å². The number of hydrogen-bond acceptors (Lipinski definition) is 3. The van der Waals surface area contributed by atoms with Crippen molar-refractivity contribution >= 4 is 23.2 Å². The maximum Gasteiger partial charge on any atom is 0.0895 e. The summed E-state index contributed by atoms with van der Waals surface area (Å²) < 4.78 is 0. The minimum atomic E-state index is 0.146. The van der Waals surface area contributed by atoms with Crippen molar-refractivity contribution < 1.29 is 0 Å². The zero-order valence-corrected chi connectivity index (χ0v) is 10.1. The summed E-state index contributed by atoms with van der Waals surface area (Å²) >= 11 is 0. The molecule has 3 heteroatoms. The highest BCUT2D eigenvalue weighted by molar-refractivity contribution is 6.54. The van der Waals surface area contributed by atoms with Crippen LogP contribution >= 0.6 is 0 Å². The van der Waals surface area contributed by atoms with Gasteiger partial charge < -0.3 is 5.73 Å². The van der Waals surface area contributed by atoms with Crippen molar-refractivity contribution in [3.63, 3.8) is 0 Å². The van der Waals surface area contributed by atoms with Crippen molar-refractivity contribution in [2.45, 2.75) is 31.3 Å². The van der Waals surface area contributed by atoms with E-state index in [2.05, 4.69) is 28.2 Å². The number of rotatable bonds is 0. The summed E-state index contributed by atoms with van der Waals surface area (Å²) in [6, 6.07) is 8.74. The summed E-state index contributed by atoms with van der Waals surface area (Å²) in [7, 11) is 0. The van der Waals surface area contributed by atoms with Crippen LogP contribution < -0.4 is 5.73 Å². The van der Waals surface area contributed by atoms with Gasteiger partial charge in [-0.3, -0.25) is 4.99 Å². The standard InChI is InChI=1S/C15H15N3/c16-10-5-3-7-12-15(10)14-9-4-1-2-6-11(9)18-13(14)8-17-12/h1-2,4,6,8,10,12H,3,5,7,16H2. The average molecular weight is 237 g/mol. The fourth-order valence-corrected chi connectivity index (χ4v) is 3.26. The maximum absolute atomic E-state index is 6.32. The molecule has 0 bridgehead atoms. The first-order valence-corrected chi connectivity index (χ1v) is 6.56. The Morgan fingerprint density at radius 3 is 3.00 bits per heavy atom. The fourth-order valence-electron chi connectivity index (χ4n) is 3.26. The number of allylic oxidation sites excluding steroid dienone is 1. The third-order valence-corrected chi connectivity index (χ3v) is 4.09. The molecule has 2 N–H and O–H groups in total. The van der Waals surface area contributed by atoms with E-state index in [0.29, 0.717) is 0 Å². The van der Waals surface area contributed by atoms with E-state index in [4.69, 9.17) is 5.73 Å². The minimum Gasteiger partial charge on any atom is -0.324 e. The van der Waals surface area contributed by atoms with Gasteiger partial charge in [0.1, 0.15) is 0 Å². The van der Waals surface area contributed by atoms with Crippen LogP contribution in [0.1, 0.15) is 24.8 Å². The van der Waals surface area contributed by atoms with Crippen molar-refractivity contribution in [1.82, 2.24) is 0 Å². The predicted octanol–water partition coefficient (Wildman–Crippen LogP) is 2.49. The van der Waals surface area contributed by atoms with E-state index in [1.807, 2.05) is 12.3 Å². The first kappa shape index (κ1) is 10.2. The van der Waals surface area contributed by atoms with Crippen molar-refractivity contribution in [2.75, 3.05) is 0 Å². The lowest BCUT2D eigenvalue weighted by Crippen LogP contribution is -2.37. The lowest BCUT2D eigenvalue weighted by atomic mass is 9.79. The summed E-state index contributed by atoms with van der Waals surface area (Å²) in [4.78, 5) is 9.29. The van der Waals surface area contributed by atoms with Gasteiger partial charge in [0.25, 0.3) is 0 Å². The van der Waals surface area contributed by atoms with Crippen LogP contribution in [0.2, 0.25) is 0 Å². The van der Waals surface area contributed by atoms with Crippen LogP contribution in [0.15, 0.2) is 39.8 Å². The number of para-hydroxylation sites is 1. The Hall–Kier alpha value is -1.74. The van der Waals surface area contributed by atoms with Crippen molar-refractivity contribution in [2.24, 2.45) is 15.7 Å².